The van der Waals surface area contributed by atoms with Gasteiger partial charge in [0.15, 0.2) is 0 Å². The molecule has 6 nitrogen and oxygen atoms in total. The summed E-state index contributed by atoms with van der Waals surface area (Å²) >= 11 is 0. The van der Waals surface area contributed by atoms with E-state index in [4.69, 9.17) is 13.9 Å². The molecule has 0 fully saturated rings. The first-order chi connectivity index (χ1) is 8.58. The lowest BCUT2D eigenvalue weighted by Gasteiger charge is -2.06. The minimum atomic E-state index is -0.944. The Balaban J connectivity index is 2.30. The molecule has 2 aromatic heterocycles. The Morgan fingerprint density at radius 3 is 2.61 bits per heavy atom. The number of carbonyl (C=O) groups is 1. The maximum atomic E-state index is 10.9. The molecule has 2 aromatic rings. The van der Waals surface area contributed by atoms with Crippen LogP contribution in [0.2, 0.25) is 0 Å². The van der Waals surface area contributed by atoms with E-state index in [2.05, 4.69) is 10.2 Å². The molecule has 6 heteroatoms. The lowest BCUT2D eigenvalue weighted by Crippen LogP contribution is -2.07. The van der Waals surface area contributed by atoms with Gasteiger partial charge in [-0.15, -0.1) is 10.2 Å². The smallest absolute Gasteiger partial charge is 0.304 e. The molecule has 0 aliphatic rings. The fraction of sp³-hybridized carbons (Fsp3) is 0.417. The predicted molar refractivity (Wildman–Crippen MR) is 61.2 cm³/mol. The molecule has 0 aliphatic carbocycles. The highest BCUT2D eigenvalue weighted by molar-refractivity contribution is 5.68. The van der Waals surface area contributed by atoms with Crippen LogP contribution in [0.15, 0.2) is 27.2 Å². The Kier molecular flexibility index (Phi) is 3.45. The van der Waals surface area contributed by atoms with Crippen molar-refractivity contribution in [3.05, 3.63) is 35.9 Å². The number of hydrogen-bond acceptors (Lipinski definition) is 5. The van der Waals surface area contributed by atoms with Gasteiger partial charge in [-0.2, -0.15) is 0 Å². The monoisotopic (exact) mass is 250 g/mol. The van der Waals surface area contributed by atoms with Gasteiger partial charge in [0.1, 0.15) is 11.7 Å². The third-order valence-corrected chi connectivity index (χ3v) is 2.51. The summed E-state index contributed by atoms with van der Waals surface area (Å²) in [5.74, 6) is -0.106. The lowest BCUT2D eigenvalue weighted by molar-refractivity contribution is -0.137. The summed E-state index contributed by atoms with van der Waals surface area (Å²) in [7, 11) is 0. The van der Waals surface area contributed by atoms with E-state index in [9.17, 15) is 4.79 Å². The molecule has 2 rings (SSSR count). The fourth-order valence-corrected chi connectivity index (χ4v) is 1.59. The number of aromatic nitrogens is 2. The van der Waals surface area contributed by atoms with E-state index >= 15 is 0 Å². The molecule has 1 unspecified atom stereocenters. The highest BCUT2D eigenvalue weighted by atomic mass is 16.4. The Hall–Kier alpha value is -2.11. The van der Waals surface area contributed by atoms with Gasteiger partial charge in [-0.05, 0) is 12.1 Å². The van der Waals surface area contributed by atoms with Gasteiger partial charge in [0.05, 0.1) is 12.7 Å². The third-order valence-electron chi connectivity index (χ3n) is 2.51. The van der Waals surface area contributed by atoms with Gasteiger partial charge < -0.3 is 13.9 Å². The molecule has 0 radical (unpaired) electrons. The number of hydrogen-bond donors (Lipinski definition) is 1. The molecular weight excluding hydrogens is 236 g/mol. The summed E-state index contributed by atoms with van der Waals surface area (Å²) in [4.78, 5) is 10.9. The molecule has 0 spiro atoms. The first-order valence-corrected chi connectivity index (χ1v) is 5.66. The third kappa shape index (κ3) is 2.58. The zero-order valence-electron chi connectivity index (χ0n) is 10.2. The lowest BCUT2D eigenvalue weighted by atomic mass is 10.0. The van der Waals surface area contributed by atoms with E-state index in [1.54, 1.807) is 12.1 Å². The summed E-state index contributed by atoms with van der Waals surface area (Å²) in [5.41, 5.74) is 0. The average molecular weight is 250 g/mol. The van der Waals surface area contributed by atoms with Gasteiger partial charge in [-0.1, -0.05) is 13.8 Å². The number of rotatable bonds is 5. The van der Waals surface area contributed by atoms with Crippen molar-refractivity contribution >= 4 is 5.97 Å². The minimum absolute atomic E-state index is 0.105. The first kappa shape index (κ1) is 12.3. The van der Waals surface area contributed by atoms with Crippen molar-refractivity contribution < 1.29 is 18.7 Å². The van der Waals surface area contributed by atoms with Gasteiger partial charge in [0.2, 0.25) is 11.8 Å². The van der Waals surface area contributed by atoms with E-state index in [0.29, 0.717) is 11.7 Å². The van der Waals surface area contributed by atoms with Gasteiger partial charge >= 0.3 is 5.97 Å². The molecule has 96 valence electrons. The Bertz CT molecular complexity index is 516. The first-order valence-electron chi connectivity index (χ1n) is 5.66. The van der Waals surface area contributed by atoms with Gasteiger partial charge in [0.25, 0.3) is 0 Å². The van der Waals surface area contributed by atoms with Crippen LogP contribution in [0.3, 0.4) is 0 Å². The van der Waals surface area contributed by atoms with Crippen molar-refractivity contribution in [2.24, 2.45) is 0 Å². The largest absolute Gasteiger partial charge is 0.481 e. The Morgan fingerprint density at radius 2 is 2.11 bits per heavy atom. The van der Waals surface area contributed by atoms with Crippen LogP contribution in [0.4, 0.5) is 0 Å². The number of nitrogens with zero attached hydrogens (tertiary/aromatic N) is 2. The fourth-order valence-electron chi connectivity index (χ4n) is 1.59. The minimum Gasteiger partial charge on any atom is -0.481 e. The van der Waals surface area contributed by atoms with E-state index in [1.165, 1.54) is 6.26 Å². The summed E-state index contributed by atoms with van der Waals surface area (Å²) in [6.07, 6.45) is 1.34. The van der Waals surface area contributed by atoms with Crippen molar-refractivity contribution in [3.63, 3.8) is 0 Å². The van der Waals surface area contributed by atoms with Crippen LogP contribution in [-0.2, 0) is 4.79 Å². The van der Waals surface area contributed by atoms with E-state index in [0.717, 1.165) is 0 Å². The highest BCUT2D eigenvalue weighted by Crippen LogP contribution is 2.28. The maximum Gasteiger partial charge on any atom is 0.304 e. The van der Waals surface area contributed by atoms with Gasteiger partial charge in [-0.25, -0.2) is 0 Å². The molecule has 0 saturated carbocycles. The highest BCUT2D eigenvalue weighted by Gasteiger charge is 2.26. The number of furan rings is 1. The van der Waals surface area contributed by atoms with Crippen molar-refractivity contribution in [2.45, 2.75) is 32.1 Å². The Labute approximate surface area is 104 Å². The maximum absolute atomic E-state index is 10.9. The van der Waals surface area contributed by atoms with Crippen molar-refractivity contribution in [1.29, 1.82) is 0 Å². The molecule has 2 heterocycles. The van der Waals surface area contributed by atoms with Crippen LogP contribution in [0.5, 0.6) is 0 Å². The molecule has 1 N–H and O–H groups in total. The molecule has 0 aromatic carbocycles. The summed E-state index contributed by atoms with van der Waals surface area (Å²) < 4.78 is 10.7. The summed E-state index contributed by atoms with van der Waals surface area (Å²) in [5, 5.41) is 16.7. The van der Waals surface area contributed by atoms with Crippen LogP contribution in [-0.4, -0.2) is 21.3 Å². The molecule has 0 aliphatic heterocycles. The van der Waals surface area contributed by atoms with Crippen LogP contribution in [0.25, 0.3) is 0 Å². The predicted octanol–water partition coefficient (Wildman–Crippen LogP) is 2.39. The second-order valence-electron chi connectivity index (χ2n) is 4.30. The van der Waals surface area contributed by atoms with E-state index in [-0.39, 0.29) is 18.2 Å². The SMILES string of the molecule is CC(C)c1nnc(C(CC(=O)O)c2ccco2)o1. The molecule has 0 amide bonds. The molecular formula is C12H14N2O4. The van der Waals surface area contributed by atoms with Crippen molar-refractivity contribution in [3.8, 4) is 0 Å². The molecule has 0 bridgehead atoms. The zero-order valence-corrected chi connectivity index (χ0v) is 10.2. The number of carboxylic acid groups (broad SMARTS) is 1. The van der Waals surface area contributed by atoms with Crippen LogP contribution in [0, 0.1) is 0 Å². The van der Waals surface area contributed by atoms with Crippen molar-refractivity contribution in [2.75, 3.05) is 0 Å². The zero-order chi connectivity index (χ0) is 13.1. The topological polar surface area (TPSA) is 89.4 Å². The summed E-state index contributed by atoms with van der Waals surface area (Å²) in [6, 6.07) is 3.40. The van der Waals surface area contributed by atoms with Gasteiger partial charge in [-0.3, -0.25) is 4.79 Å². The molecule has 18 heavy (non-hydrogen) atoms. The molecule has 1 atom stereocenters. The number of carboxylic acids is 1. The Morgan fingerprint density at radius 1 is 1.39 bits per heavy atom. The standard InChI is InChI=1S/C12H14N2O4/c1-7(2)11-13-14-12(18-11)8(6-10(15)16)9-4-3-5-17-9/h3-5,7-8H,6H2,1-2H3,(H,15,16). The van der Waals surface area contributed by atoms with E-state index < -0.39 is 11.9 Å². The van der Waals surface area contributed by atoms with Gasteiger partial charge in [0, 0.05) is 5.92 Å². The number of aliphatic carboxylic acids is 1. The van der Waals surface area contributed by atoms with E-state index in [1.807, 2.05) is 13.8 Å². The normalized spacial score (nSPS) is 12.8. The second kappa shape index (κ2) is 5.03. The van der Waals surface area contributed by atoms with Crippen molar-refractivity contribution in [1.82, 2.24) is 10.2 Å². The van der Waals surface area contributed by atoms with Crippen LogP contribution in [0.1, 0.15) is 49.6 Å². The second-order valence-corrected chi connectivity index (χ2v) is 4.30. The average Bonchev–Trinajstić information content (AvgIpc) is 2.97. The van der Waals surface area contributed by atoms with Crippen LogP contribution < -0.4 is 0 Å². The molecule has 0 saturated heterocycles. The van der Waals surface area contributed by atoms with Crippen LogP contribution >= 0.6 is 0 Å². The summed E-state index contributed by atoms with van der Waals surface area (Å²) in [6.45, 7) is 3.85. The quantitative estimate of drug-likeness (QED) is 0.876.